The smallest absolute Gasteiger partial charge is 0.253 e. The maximum Gasteiger partial charge on any atom is 0.253 e. The van der Waals surface area contributed by atoms with Gasteiger partial charge in [-0.3, -0.25) is 9.59 Å². The number of carbonyl (C=O) groups excluding carboxylic acids is 1. The molecule has 1 aromatic carbocycles. The standard InChI is InChI=1S/C20H21N3O2S/c1-12-5-4-6-15(7-12)20-23-16(11-26-20)9-18(24)21-10-17-13(2)8-14(3)22-19(17)25/h4-8,11H,9-10H2,1-3H3,(H,21,24)(H,22,25). The highest BCUT2D eigenvalue weighted by molar-refractivity contribution is 7.13. The highest BCUT2D eigenvalue weighted by atomic mass is 32.1. The fourth-order valence-corrected chi connectivity index (χ4v) is 3.63. The van der Waals surface area contributed by atoms with Crippen LogP contribution in [0, 0.1) is 20.8 Å². The second-order valence-corrected chi connectivity index (χ2v) is 7.27. The first kappa shape index (κ1) is 18.1. The van der Waals surface area contributed by atoms with Gasteiger partial charge in [0.25, 0.3) is 5.56 Å². The van der Waals surface area contributed by atoms with E-state index in [1.807, 2.05) is 50.4 Å². The van der Waals surface area contributed by atoms with E-state index in [1.165, 1.54) is 16.9 Å². The van der Waals surface area contributed by atoms with Gasteiger partial charge in [-0.1, -0.05) is 23.8 Å². The highest BCUT2D eigenvalue weighted by Gasteiger charge is 2.11. The van der Waals surface area contributed by atoms with E-state index in [4.69, 9.17) is 0 Å². The Bertz CT molecular complexity index is 1000. The molecule has 0 spiro atoms. The molecule has 3 rings (SSSR count). The van der Waals surface area contributed by atoms with Crippen LogP contribution in [0.5, 0.6) is 0 Å². The van der Waals surface area contributed by atoms with E-state index in [0.29, 0.717) is 5.56 Å². The van der Waals surface area contributed by atoms with Crippen molar-refractivity contribution in [2.75, 3.05) is 0 Å². The molecule has 0 aliphatic heterocycles. The first-order valence-electron chi connectivity index (χ1n) is 8.40. The number of carbonyl (C=O) groups is 1. The van der Waals surface area contributed by atoms with Crippen molar-refractivity contribution in [3.63, 3.8) is 0 Å². The molecule has 134 valence electrons. The number of thiazole rings is 1. The summed E-state index contributed by atoms with van der Waals surface area (Å²) < 4.78 is 0. The molecule has 2 heterocycles. The Hall–Kier alpha value is -2.73. The fraction of sp³-hybridized carbons (Fsp3) is 0.250. The van der Waals surface area contributed by atoms with Crippen LogP contribution >= 0.6 is 11.3 Å². The highest BCUT2D eigenvalue weighted by Crippen LogP contribution is 2.24. The Kier molecular flexibility index (Phi) is 5.32. The molecule has 5 nitrogen and oxygen atoms in total. The van der Waals surface area contributed by atoms with Gasteiger partial charge in [0.1, 0.15) is 5.01 Å². The quantitative estimate of drug-likeness (QED) is 0.727. The lowest BCUT2D eigenvalue weighted by Crippen LogP contribution is -2.29. The number of nitrogens with zero attached hydrogens (tertiary/aromatic N) is 1. The zero-order valence-electron chi connectivity index (χ0n) is 15.1. The van der Waals surface area contributed by atoms with Gasteiger partial charge in [-0.25, -0.2) is 4.98 Å². The van der Waals surface area contributed by atoms with Crippen LogP contribution in [0.4, 0.5) is 0 Å². The van der Waals surface area contributed by atoms with Gasteiger partial charge in [0.15, 0.2) is 0 Å². The van der Waals surface area contributed by atoms with Gasteiger partial charge < -0.3 is 10.3 Å². The van der Waals surface area contributed by atoms with Gasteiger partial charge in [0.2, 0.25) is 5.91 Å². The number of aromatic nitrogens is 2. The summed E-state index contributed by atoms with van der Waals surface area (Å²) >= 11 is 1.53. The van der Waals surface area contributed by atoms with Crippen LogP contribution in [0.1, 0.15) is 28.1 Å². The molecular weight excluding hydrogens is 346 g/mol. The molecule has 0 radical (unpaired) electrons. The predicted molar refractivity (Wildman–Crippen MR) is 104 cm³/mol. The number of hydrogen-bond acceptors (Lipinski definition) is 4. The number of amides is 1. The number of benzene rings is 1. The zero-order valence-corrected chi connectivity index (χ0v) is 15.9. The second kappa shape index (κ2) is 7.66. The Morgan fingerprint density at radius 3 is 2.77 bits per heavy atom. The van der Waals surface area contributed by atoms with Gasteiger partial charge in [0, 0.05) is 28.7 Å². The second-order valence-electron chi connectivity index (χ2n) is 6.41. The van der Waals surface area contributed by atoms with Crippen LogP contribution in [0.15, 0.2) is 40.5 Å². The molecule has 1 amide bonds. The number of rotatable bonds is 5. The van der Waals surface area contributed by atoms with Crippen molar-refractivity contribution in [3.8, 4) is 10.6 Å². The van der Waals surface area contributed by atoms with Crippen LogP contribution in [0.2, 0.25) is 0 Å². The normalized spacial score (nSPS) is 10.7. The summed E-state index contributed by atoms with van der Waals surface area (Å²) in [6, 6.07) is 10.0. The lowest BCUT2D eigenvalue weighted by atomic mass is 10.1. The van der Waals surface area contributed by atoms with E-state index in [0.717, 1.165) is 27.5 Å². The van der Waals surface area contributed by atoms with E-state index in [-0.39, 0.29) is 24.4 Å². The first-order chi connectivity index (χ1) is 12.4. The summed E-state index contributed by atoms with van der Waals surface area (Å²) in [7, 11) is 0. The molecule has 26 heavy (non-hydrogen) atoms. The topological polar surface area (TPSA) is 74.8 Å². The minimum atomic E-state index is -0.154. The Balaban J connectivity index is 1.64. The van der Waals surface area contributed by atoms with Crippen LogP contribution in [0.25, 0.3) is 10.6 Å². The van der Waals surface area contributed by atoms with E-state index < -0.39 is 0 Å². The van der Waals surface area contributed by atoms with E-state index in [9.17, 15) is 9.59 Å². The summed E-state index contributed by atoms with van der Waals surface area (Å²) in [6.45, 7) is 5.97. The number of nitrogens with one attached hydrogen (secondary N) is 2. The molecule has 2 aromatic heterocycles. The first-order valence-corrected chi connectivity index (χ1v) is 9.28. The summed E-state index contributed by atoms with van der Waals surface area (Å²) in [5.74, 6) is -0.148. The largest absolute Gasteiger partial charge is 0.351 e. The number of aryl methyl sites for hydroxylation is 3. The molecule has 0 atom stereocenters. The van der Waals surface area contributed by atoms with Crippen molar-refractivity contribution in [2.24, 2.45) is 0 Å². The molecule has 0 unspecified atom stereocenters. The predicted octanol–water partition coefficient (Wildman–Crippen LogP) is 3.28. The maximum atomic E-state index is 12.2. The molecule has 3 aromatic rings. The Labute approximate surface area is 156 Å². The summed E-state index contributed by atoms with van der Waals surface area (Å²) in [6.07, 6.45) is 0.200. The SMILES string of the molecule is Cc1cccc(-c2nc(CC(=O)NCc3c(C)cc(C)[nH]c3=O)cs2)c1. The molecular formula is C20H21N3O2S. The number of H-pyrrole nitrogens is 1. The summed E-state index contributed by atoms with van der Waals surface area (Å²) in [4.78, 5) is 31.5. The van der Waals surface area contributed by atoms with Crippen molar-refractivity contribution in [2.45, 2.75) is 33.7 Å². The average Bonchev–Trinajstić information content (AvgIpc) is 3.02. The minimum absolute atomic E-state index is 0.148. The molecule has 0 saturated heterocycles. The minimum Gasteiger partial charge on any atom is -0.351 e. The van der Waals surface area contributed by atoms with Crippen molar-refractivity contribution in [1.29, 1.82) is 0 Å². The molecule has 0 bridgehead atoms. The van der Waals surface area contributed by atoms with Gasteiger partial charge >= 0.3 is 0 Å². The van der Waals surface area contributed by atoms with Crippen molar-refractivity contribution < 1.29 is 4.79 Å². The third-order valence-electron chi connectivity index (χ3n) is 4.11. The van der Waals surface area contributed by atoms with E-state index in [2.05, 4.69) is 21.4 Å². The number of hydrogen-bond donors (Lipinski definition) is 2. The fourth-order valence-electron chi connectivity index (χ4n) is 2.81. The average molecular weight is 367 g/mol. The molecule has 2 N–H and O–H groups in total. The Morgan fingerprint density at radius 1 is 1.23 bits per heavy atom. The monoisotopic (exact) mass is 367 g/mol. The molecule has 0 aliphatic carbocycles. The third-order valence-corrected chi connectivity index (χ3v) is 5.05. The number of pyridine rings is 1. The molecule has 6 heteroatoms. The van der Waals surface area contributed by atoms with Gasteiger partial charge in [0.05, 0.1) is 12.1 Å². The van der Waals surface area contributed by atoms with E-state index >= 15 is 0 Å². The maximum absolute atomic E-state index is 12.2. The van der Waals surface area contributed by atoms with Crippen molar-refractivity contribution in [1.82, 2.24) is 15.3 Å². The lowest BCUT2D eigenvalue weighted by Gasteiger charge is -2.07. The van der Waals surface area contributed by atoms with Crippen LogP contribution in [0.3, 0.4) is 0 Å². The van der Waals surface area contributed by atoms with Gasteiger partial charge in [-0.05, 0) is 38.5 Å². The number of aromatic amines is 1. The lowest BCUT2D eigenvalue weighted by molar-refractivity contribution is -0.120. The Morgan fingerprint density at radius 2 is 2.04 bits per heavy atom. The van der Waals surface area contributed by atoms with Gasteiger partial charge in [-0.15, -0.1) is 11.3 Å². The van der Waals surface area contributed by atoms with E-state index in [1.54, 1.807) is 0 Å². The third kappa shape index (κ3) is 4.26. The molecule has 0 saturated carbocycles. The van der Waals surface area contributed by atoms with Crippen molar-refractivity contribution >= 4 is 17.2 Å². The van der Waals surface area contributed by atoms with Crippen molar-refractivity contribution in [3.05, 3.63) is 74.1 Å². The molecule has 0 aliphatic rings. The zero-order chi connectivity index (χ0) is 18.7. The van der Waals surface area contributed by atoms with Crippen LogP contribution in [-0.4, -0.2) is 15.9 Å². The summed E-state index contributed by atoms with van der Waals surface area (Å²) in [5, 5.41) is 5.62. The molecule has 0 fully saturated rings. The van der Waals surface area contributed by atoms with Crippen LogP contribution in [-0.2, 0) is 17.8 Å². The summed E-state index contributed by atoms with van der Waals surface area (Å²) in [5.41, 5.74) is 5.09. The van der Waals surface area contributed by atoms with Gasteiger partial charge in [-0.2, -0.15) is 0 Å². The van der Waals surface area contributed by atoms with Crippen LogP contribution < -0.4 is 10.9 Å².